The first-order valence-corrected chi connectivity index (χ1v) is 8.28. The predicted molar refractivity (Wildman–Crippen MR) is 97.6 cm³/mol. The van der Waals surface area contributed by atoms with Crippen molar-refractivity contribution in [3.63, 3.8) is 0 Å². The van der Waals surface area contributed by atoms with E-state index in [9.17, 15) is 14.4 Å². The number of hydrogen-bond acceptors (Lipinski definition) is 5. The van der Waals surface area contributed by atoms with E-state index in [2.05, 4.69) is 20.4 Å². The third-order valence-electron chi connectivity index (χ3n) is 3.39. The molecule has 0 fully saturated rings. The average Bonchev–Trinajstić information content (AvgIpc) is 2.67. The Labute approximate surface area is 155 Å². The van der Waals surface area contributed by atoms with Gasteiger partial charge in [0.2, 0.25) is 0 Å². The van der Waals surface area contributed by atoms with Gasteiger partial charge < -0.3 is 15.4 Å². The molecule has 26 heavy (non-hydrogen) atoms. The van der Waals surface area contributed by atoms with Crippen molar-refractivity contribution in [3.8, 4) is 0 Å². The molecule has 2 rings (SSSR count). The van der Waals surface area contributed by atoms with Crippen LogP contribution in [0.15, 0.2) is 36.4 Å². The van der Waals surface area contributed by atoms with Crippen molar-refractivity contribution in [1.29, 1.82) is 0 Å². The zero-order chi connectivity index (χ0) is 19.1. The van der Waals surface area contributed by atoms with E-state index < -0.39 is 11.9 Å². The summed E-state index contributed by atoms with van der Waals surface area (Å²) in [4.78, 5) is 40.1. The Morgan fingerprint density at radius 3 is 2.46 bits per heavy atom. The molecule has 0 aliphatic rings. The summed E-state index contributed by atoms with van der Waals surface area (Å²) in [6.07, 6.45) is 0.793. The Morgan fingerprint density at radius 1 is 1.12 bits per heavy atom. The van der Waals surface area contributed by atoms with Crippen molar-refractivity contribution < 1.29 is 19.1 Å². The fourth-order valence-corrected chi connectivity index (χ4v) is 2.23. The van der Waals surface area contributed by atoms with Gasteiger partial charge in [0, 0.05) is 6.54 Å². The molecule has 0 radical (unpaired) electrons. The quantitative estimate of drug-likeness (QED) is 0.756. The van der Waals surface area contributed by atoms with Gasteiger partial charge in [-0.15, -0.1) is 0 Å². The molecule has 0 atom stereocenters. The number of amides is 2. The number of carbonyl (C=O) groups is 3. The minimum atomic E-state index is -0.556. The summed E-state index contributed by atoms with van der Waals surface area (Å²) >= 11 is 6.06. The summed E-state index contributed by atoms with van der Waals surface area (Å²) in [7, 11) is 1.26. The predicted octanol–water partition coefficient (Wildman–Crippen LogP) is 2.91. The highest BCUT2D eigenvalue weighted by Gasteiger charge is 2.15. The van der Waals surface area contributed by atoms with Crippen LogP contribution in [0, 0.1) is 0 Å². The number of nitrogens with zero attached hydrogens (tertiary/aromatic N) is 1. The Kier molecular flexibility index (Phi) is 6.68. The minimum Gasteiger partial charge on any atom is -0.465 e. The molecule has 0 unspecified atom stereocenters. The van der Waals surface area contributed by atoms with Gasteiger partial charge in [-0.05, 0) is 36.8 Å². The van der Waals surface area contributed by atoms with Gasteiger partial charge in [0.15, 0.2) is 0 Å². The van der Waals surface area contributed by atoms with Crippen LogP contribution < -0.4 is 10.6 Å². The molecular weight excluding hydrogens is 358 g/mol. The second-order valence-corrected chi connectivity index (χ2v) is 5.71. The topological polar surface area (TPSA) is 97.4 Å². The summed E-state index contributed by atoms with van der Waals surface area (Å²) < 4.78 is 4.64. The lowest BCUT2D eigenvalue weighted by atomic mass is 10.2. The lowest BCUT2D eigenvalue weighted by molar-refractivity contribution is 0.0600. The molecule has 0 bridgehead atoms. The average molecular weight is 376 g/mol. The first kappa shape index (κ1) is 19.4. The summed E-state index contributed by atoms with van der Waals surface area (Å²) in [5.74, 6) is -1.46. The molecule has 0 saturated carbocycles. The third-order valence-corrected chi connectivity index (χ3v) is 3.72. The maximum atomic E-state index is 12.4. The molecule has 8 heteroatoms. The maximum absolute atomic E-state index is 12.4. The smallest absolute Gasteiger partial charge is 0.337 e. The highest BCUT2D eigenvalue weighted by molar-refractivity contribution is 6.34. The molecule has 2 N–H and O–H groups in total. The lowest BCUT2D eigenvalue weighted by Crippen LogP contribution is -2.26. The molecule has 2 aromatic rings. The van der Waals surface area contributed by atoms with Gasteiger partial charge >= 0.3 is 5.97 Å². The standard InChI is InChI=1S/C18H18ClN3O4/c1-3-9-20-16(23)13-5-4-6-14(21-13)17(24)22-15-10-11(18(25)26-2)7-8-12(15)19/h4-8,10H,3,9H2,1-2H3,(H,20,23)(H,22,24). The molecule has 1 aromatic carbocycles. The van der Waals surface area contributed by atoms with Crippen LogP contribution in [0.4, 0.5) is 5.69 Å². The SMILES string of the molecule is CCCNC(=O)c1cccc(C(=O)Nc2cc(C(=O)OC)ccc2Cl)n1. The molecular formula is C18H18ClN3O4. The number of rotatable bonds is 6. The van der Waals surface area contributed by atoms with Gasteiger partial charge in [-0.2, -0.15) is 0 Å². The molecule has 136 valence electrons. The van der Waals surface area contributed by atoms with E-state index in [1.165, 1.54) is 37.4 Å². The van der Waals surface area contributed by atoms with E-state index in [0.717, 1.165) is 6.42 Å². The Bertz CT molecular complexity index is 839. The van der Waals surface area contributed by atoms with Crippen LogP contribution in [0.3, 0.4) is 0 Å². The van der Waals surface area contributed by atoms with Gasteiger partial charge in [-0.25, -0.2) is 9.78 Å². The van der Waals surface area contributed by atoms with Crippen molar-refractivity contribution in [2.24, 2.45) is 0 Å². The normalized spacial score (nSPS) is 10.1. The fourth-order valence-electron chi connectivity index (χ4n) is 2.07. The van der Waals surface area contributed by atoms with E-state index in [-0.39, 0.29) is 33.6 Å². The zero-order valence-corrected chi connectivity index (χ0v) is 15.1. The van der Waals surface area contributed by atoms with Gasteiger partial charge in [-0.1, -0.05) is 24.6 Å². The number of anilines is 1. The van der Waals surface area contributed by atoms with Crippen LogP contribution in [-0.2, 0) is 4.74 Å². The number of hydrogen-bond donors (Lipinski definition) is 2. The van der Waals surface area contributed by atoms with E-state index in [0.29, 0.717) is 6.54 Å². The van der Waals surface area contributed by atoms with Gasteiger partial charge in [0.05, 0.1) is 23.4 Å². The molecule has 0 saturated heterocycles. The summed E-state index contributed by atoms with van der Waals surface area (Å²) in [6.45, 7) is 2.45. The summed E-state index contributed by atoms with van der Waals surface area (Å²) in [5, 5.41) is 5.53. The number of halogens is 1. The van der Waals surface area contributed by atoms with E-state index >= 15 is 0 Å². The van der Waals surface area contributed by atoms with Crippen LogP contribution in [-0.4, -0.2) is 36.4 Å². The van der Waals surface area contributed by atoms with Crippen molar-refractivity contribution in [2.45, 2.75) is 13.3 Å². The summed E-state index contributed by atoms with van der Waals surface area (Å²) in [6, 6.07) is 8.93. The Balaban J connectivity index is 2.20. The van der Waals surface area contributed by atoms with Crippen LogP contribution in [0.1, 0.15) is 44.7 Å². The number of benzene rings is 1. The van der Waals surface area contributed by atoms with E-state index in [1.54, 1.807) is 6.07 Å². The molecule has 1 aromatic heterocycles. The van der Waals surface area contributed by atoms with Crippen LogP contribution in [0.5, 0.6) is 0 Å². The minimum absolute atomic E-state index is 0.0497. The number of aromatic nitrogens is 1. The van der Waals surface area contributed by atoms with Crippen molar-refractivity contribution in [3.05, 3.63) is 58.4 Å². The molecule has 0 aliphatic carbocycles. The van der Waals surface area contributed by atoms with Crippen LogP contribution >= 0.6 is 11.6 Å². The Morgan fingerprint density at radius 2 is 1.81 bits per heavy atom. The number of ether oxygens (including phenoxy) is 1. The summed E-state index contributed by atoms with van der Waals surface area (Å²) in [5.41, 5.74) is 0.671. The molecule has 7 nitrogen and oxygen atoms in total. The molecule has 0 aliphatic heterocycles. The van der Waals surface area contributed by atoms with Crippen molar-refractivity contribution >= 4 is 35.1 Å². The zero-order valence-electron chi connectivity index (χ0n) is 14.3. The maximum Gasteiger partial charge on any atom is 0.337 e. The van der Waals surface area contributed by atoms with E-state index in [1.807, 2.05) is 6.92 Å². The lowest BCUT2D eigenvalue weighted by Gasteiger charge is -2.09. The number of methoxy groups -OCH3 is 1. The third kappa shape index (κ3) is 4.80. The van der Waals surface area contributed by atoms with Crippen molar-refractivity contribution in [2.75, 3.05) is 19.0 Å². The van der Waals surface area contributed by atoms with E-state index in [4.69, 9.17) is 11.6 Å². The first-order chi connectivity index (χ1) is 12.5. The highest BCUT2D eigenvalue weighted by Crippen LogP contribution is 2.24. The molecule has 0 spiro atoms. The second kappa shape index (κ2) is 8.96. The molecule has 2 amide bonds. The highest BCUT2D eigenvalue weighted by atomic mass is 35.5. The van der Waals surface area contributed by atoms with Crippen molar-refractivity contribution in [1.82, 2.24) is 10.3 Å². The first-order valence-electron chi connectivity index (χ1n) is 7.90. The van der Waals surface area contributed by atoms with Crippen LogP contribution in [0.25, 0.3) is 0 Å². The second-order valence-electron chi connectivity index (χ2n) is 5.30. The van der Waals surface area contributed by atoms with Gasteiger partial charge in [0.1, 0.15) is 11.4 Å². The largest absolute Gasteiger partial charge is 0.465 e. The number of esters is 1. The monoisotopic (exact) mass is 375 g/mol. The Hall–Kier alpha value is -2.93. The van der Waals surface area contributed by atoms with Gasteiger partial charge in [0.25, 0.3) is 11.8 Å². The number of pyridine rings is 1. The molecule has 1 heterocycles. The van der Waals surface area contributed by atoms with Crippen LogP contribution in [0.2, 0.25) is 5.02 Å². The number of nitrogens with one attached hydrogen (secondary N) is 2. The number of carbonyl (C=O) groups excluding carboxylic acids is 3. The van der Waals surface area contributed by atoms with Gasteiger partial charge in [-0.3, -0.25) is 9.59 Å². The fraction of sp³-hybridized carbons (Fsp3) is 0.222.